The fourth-order valence-corrected chi connectivity index (χ4v) is 4.67. The van der Waals surface area contributed by atoms with E-state index in [0.717, 1.165) is 27.0 Å². The standard InChI is InChI=1S/C23H21F3N6O/c1-11(19-12(2)29-30-13(19)3)27-22(33)17-10-18-28-20-15-7-5-4-6-14(15)8-9-16(20)21(23(24,25)26)32(18)31-17/h4-7,10-11H,8-9H2,1-3H3,(H,27,33)(H,29,30). The fraction of sp³-hybridized carbons (Fsp3) is 0.304. The Balaban J connectivity index is 1.60. The molecule has 1 amide bonds. The summed E-state index contributed by atoms with van der Waals surface area (Å²) in [6.45, 7) is 5.44. The number of nitrogens with one attached hydrogen (secondary N) is 2. The number of hydrogen-bond acceptors (Lipinski definition) is 4. The van der Waals surface area contributed by atoms with Crippen molar-refractivity contribution in [1.82, 2.24) is 30.1 Å². The molecule has 5 rings (SSSR count). The molecule has 0 saturated carbocycles. The molecule has 2 N–H and O–H groups in total. The van der Waals surface area contributed by atoms with E-state index >= 15 is 0 Å². The number of carbonyl (C=O) groups excluding carboxylic acids is 1. The molecular weight excluding hydrogens is 433 g/mol. The second kappa shape index (κ2) is 7.43. The van der Waals surface area contributed by atoms with Crippen LogP contribution < -0.4 is 5.32 Å². The lowest BCUT2D eigenvalue weighted by Crippen LogP contribution is -2.28. The van der Waals surface area contributed by atoms with Crippen molar-refractivity contribution in [1.29, 1.82) is 0 Å². The number of aryl methyl sites for hydroxylation is 3. The molecule has 0 spiro atoms. The van der Waals surface area contributed by atoms with Crippen molar-refractivity contribution in [3.05, 3.63) is 69.8 Å². The highest BCUT2D eigenvalue weighted by Crippen LogP contribution is 2.40. The van der Waals surface area contributed by atoms with Crippen LogP contribution in [0.1, 0.15) is 57.2 Å². The van der Waals surface area contributed by atoms with Gasteiger partial charge >= 0.3 is 6.18 Å². The largest absolute Gasteiger partial charge is 0.433 e. The number of alkyl halides is 3. The molecule has 1 unspecified atom stereocenters. The summed E-state index contributed by atoms with van der Waals surface area (Å²) in [7, 11) is 0. The van der Waals surface area contributed by atoms with Gasteiger partial charge in [0.1, 0.15) is 0 Å². The number of benzene rings is 1. The summed E-state index contributed by atoms with van der Waals surface area (Å²) in [6, 6.07) is 8.20. The number of rotatable bonds is 3. The Bertz CT molecular complexity index is 1380. The first-order valence-corrected chi connectivity index (χ1v) is 10.6. The van der Waals surface area contributed by atoms with E-state index < -0.39 is 23.8 Å². The van der Waals surface area contributed by atoms with E-state index in [-0.39, 0.29) is 23.3 Å². The summed E-state index contributed by atoms with van der Waals surface area (Å²) in [4.78, 5) is 17.4. The van der Waals surface area contributed by atoms with E-state index in [1.165, 1.54) is 6.07 Å². The Hall–Kier alpha value is -3.69. The lowest BCUT2D eigenvalue weighted by atomic mass is 9.88. The first kappa shape index (κ1) is 21.2. The van der Waals surface area contributed by atoms with Gasteiger partial charge in [-0.2, -0.15) is 23.4 Å². The highest BCUT2D eigenvalue weighted by atomic mass is 19.4. The van der Waals surface area contributed by atoms with E-state index in [1.54, 1.807) is 19.1 Å². The molecule has 1 atom stereocenters. The van der Waals surface area contributed by atoms with Gasteiger partial charge in [0.05, 0.1) is 17.4 Å². The summed E-state index contributed by atoms with van der Waals surface area (Å²) in [6.07, 6.45) is -3.98. The topological polar surface area (TPSA) is 88.0 Å². The van der Waals surface area contributed by atoms with Crippen LogP contribution >= 0.6 is 0 Å². The van der Waals surface area contributed by atoms with Gasteiger partial charge in [-0.3, -0.25) is 9.89 Å². The summed E-state index contributed by atoms with van der Waals surface area (Å²) in [5.41, 5.74) is 3.36. The van der Waals surface area contributed by atoms with Crippen molar-refractivity contribution in [2.75, 3.05) is 0 Å². The van der Waals surface area contributed by atoms with E-state index in [4.69, 9.17) is 0 Å². The van der Waals surface area contributed by atoms with Crippen molar-refractivity contribution in [3.8, 4) is 11.3 Å². The number of amides is 1. The molecule has 1 aliphatic carbocycles. The van der Waals surface area contributed by atoms with Crippen molar-refractivity contribution < 1.29 is 18.0 Å². The summed E-state index contributed by atoms with van der Waals surface area (Å²) in [5, 5.41) is 13.8. The predicted octanol–water partition coefficient (Wildman–Crippen LogP) is 4.34. The summed E-state index contributed by atoms with van der Waals surface area (Å²) in [5.74, 6) is -0.584. The van der Waals surface area contributed by atoms with Crippen LogP contribution in [0.4, 0.5) is 13.2 Å². The molecule has 7 nitrogen and oxygen atoms in total. The zero-order chi connectivity index (χ0) is 23.5. The van der Waals surface area contributed by atoms with Crippen LogP contribution in [0.2, 0.25) is 0 Å². The molecule has 33 heavy (non-hydrogen) atoms. The van der Waals surface area contributed by atoms with Crippen LogP contribution in [0.15, 0.2) is 30.3 Å². The number of hydrogen-bond donors (Lipinski definition) is 2. The van der Waals surface area contributed by atoms with E-state index in [0.29, 0.717) is 17.7 Å². The van der Waals surface area contributed by atoms with Crippen molar-refractivity contribution in [2.45, 2.75) is 45.8 Å². The third-order valence-corrected chi connectivity index (χ3v) is 6.08. The van der Waals surface area contributed by atoms with Gasteiger partial charge in [0.2, 0.25) is 0 Å². The smallest absolute Gasteiger partial charge is 0.344 e. The average molecular weight is 454 g/mol. The number of nitrogens with zero attached hydrogens (tertiary/aromatic N) is 4. The molecular formula is C23H21F3N6O. The molecule has 1 aliphatic rings. The number of halogens is 3. The van der Waals surface area contributed by atoms with Gasteiger partial charge in [0.25, 0.3) is 5.91 Å². The Morgan fingerprint density at radius 3 is 2.67 bits per heavy atom. The Morgan fingerprint density at radius 2 is 1.97 bits per heavy atom. The minimum absolute atomic E-state index is 0.0220. The van der Waals surface area contributed by atoms with Gasteiger partial charge in [-0.1, -0.05) is 24.3 Å². The Kier molecular flexibility index (Phi) is 4.77. The van der Waals surface area contributed by atoms with Crippen LogP contribution in [-0.4, -0.2) is 30.7 Å². The van der Waals surface area contributed by atoms with Gasteiger partial charge in [0, 0.05) is 28.5 Å². The molecule has 0 saturated heterocycles. The van der Waals surface area contributed by atoms with Crippen molar-refractivity contribution >= 4 is 11.6 Å². The quantitative estimate of drug-likeness (QED) is 0.482. The maximum Gasteiger partial charge on any atom is 0.433 e. The lowest BCUT2D eigenvalue weighted by Gasteiger charge is -2.23. The molecule has 0 fully saturated rings. The van der Waals surface area contributed by atoms with Gasteiger partial charge < -0.3 is 5.32 Å². The van der Waals surface area contributed by atoms with Crippen molar-refractivity contribution in [2.24, 2.45) is 0 Å². The number of carbonyl (C=O) groups is 1. The zero-order valence-electron chi connectivity index (χ0n) is 18.2. The van der Waals surface area contributed by atoms with Crippen LogP contribution in [-0.2, 0) is 19.0 Å². The first-order chi connectivity index (χ1) is 15.6. The van der Waals surface area contributed by atoms with E-state index in [1.807, 2.05) is 26.0 Å². The van der Waals surface area contributed by atoms with Crippen LogP contribution in [0.3, 0.4) is 0 Å². The predicted molar refractivity (Wildman–Crippen MR) is 115 cm³/mol. The molecule has 1 aromatic carbocycles. The first-order valence-electron chi connectivity index (χ1n) is 10.6. The van der Waals surface area contributed by atoms with Gasteiger partial charge in [-0.25, -0.2) is 9.50 Å². The summed E-state index contributed by atoms with van der Waals surface area (Å²) < 4.78 is 43.3. The number of H-pyrrole nitrogens is 1. The Morgan fingerprint density at radius 1 is 1.21 bits per heavy atom. The van der Waals surface area contributed by atoms with Gasteiger partial charge in [-0.15, -0.1) is 0 Å². The zero-order valence-corrected chi connectivity index (χ0v) is 18.2. The summed E-state index contributed by atoms with van der Waals surface area (Å²) >= 11 is 0. The molecule has 170 valence electrons. The van der Waals surface area contributed by atoms with Crippen LogP contribution in [0.25, 0.3) is 16.9 Å². The molecule has 3 heterocycles. The second-order valence-corrected chi connectivity index (χ2v) is 8.28. The third kappa shape index (κ3) is 3.46. The Labute approximate surface area is 187 Å². The van der Waals surface area contributed by atoms with Crippen molar-refractivity contribution in [3.63, 3.8) is 0 Å². The average Bonchev–Trinajstić information content (AvgIpc) is 3.33. The number of fused-ring (bicyclic) bond motifs is 4. The molecule has 0 radical (unpaired) electrons. The molecule has 4 aromatic rings. The number of aromatic nitrogens is 5. The van der Waals surface area contributed by atoms with Gasteiger partial charge in [-0.05, 0) is 39.2 Å². The second-order valence-electron chi connectivity index (χ2n) is 8.28. The monoisotopic (exact) mass is 454 g/mol. The minimum Gasteiger partial charge on any atom is -0.344 e. The third-order valence-electron chi connectivity index (χ3n) is 6.08. The SMILES string of the molecule is Cc1n[nH]c(C)c1C(C)NC(=O)c1cc2nc3c(c(C(F)(F)F)n2n1)CCc1ccccc1-3. The van der Waals surface area contributed by atoms with E-state index in [2.05, 4.69) is 25.6 Å². The molecule has 0 aliphatic heterocycles. The molecule has 10 heteroatoms. The fourth-order valence-electron chi connectivity index (χ4n) is 4.67. The molecule has 0 bridgehead atoms. The van der Waals surface area contributed by atoms with E-state index in [9.17, 15) is 18.0 Å². The maximum atomic E-state index is 14.2. The van der Waals surface area contributed by atoms with Crippen LogP contribution in [0, 0.1) is 13.8 Å². The lowest BCUT2D eigenvalue weighted by molar-refractivity contribution is -0.143. The normalized spacial score (nSPS) is 14.1. The number of aromatic amines is 1. The highest BCUT2D eigenvalue weighted by Gasteiger charge is 2.40. The highest BCUT2D eigenvalue weighted by molar-refractivity contribution is 5.93. The van der Waals surface area contributed by atoms with Gasteiger partial charge in [0.15, 0.2) is 17.0 Å². The van der Waals surface area contributed by atoms with Crippen LogP contribution in [0.5, 0.6) is 0 Å². The molecule has 3 aromatic heterocycles. The maximum absolute atomic E-state index is 14.2. The minimum atomic E-state index is -4.66.